The first-order valence-corrected chi connectivity index (χ1v) is 4.18. The largest absolute Gasteiger partial charge is 0.349 e. The van der Waals surface area contributed by atoms with Crippen molar-refractivity contribution < 1.29 is 4.79 Å². The van der Waals surface area contributed by atoms with Crippen LogP contribution in [0.25, 0.3) is 0 Å². The number of carbonyl (C=O) groups is 1. The second kappa shape index (κ2) is 5.26. The fourth-order valence-electron chi connectivity index (χ4n) is 0.870. The van der Waals surface area contributed by atoms with E-state index in [1.54, 1.807) is 0 Å². The highest BCUT2D eigenvalue weighted by molar-refractivity contribution is 5.90. The van der Waals surface area contributed by atoms with E-state index < -0.39 is 0 Å². The van der Waals surface area contributed by atoms with Crippen molar-refractivity contribution in [2.45, 2.75) is 12.8 Å². The molecule has 0 saturated carbocycles. The van der Waals surface area contributed by atoms with Crippen LogP contribution in [0.4, 0.5) is 0 Å². The lowest BCUT2D eigenvalue weighted by atomic mass is 10.3. The molecule has 0 spiro atoms. The molecule has 1 aromatic heterocycles. The van der Waals surface area contributed by atoms with Gasteiger partial charge in [-0.1, -0.05) is 0 Å². The Hall–Kier alpha value is -1.43. The Kier molecular flexibility index (Phi) is 3.90. The molecule has 0 radical (unpaired) electrons. The summed E-state index contributed by atoms with van der Waals surface area (Å²) in [6.07, 6.45) is 3.10. The molecule has 0 aliphatic rings. The number of amides is 1. The number of aromatic nitrogens is 3. The lowest BCUT2D eigenvalue weighted by molar-refractivity contribution is 0.0943. The maximum absolute atomic E-state index is 11.2. The molecule has 1 aromatic rings. The Balaban J connectivity index is 2.19. The van der Waals surface area contributed by atoms with E-state index in [0.29, 0.717) is 13.1 Å². The van der Waals surface area contributed by atoms with Gasteiger partial charge in [-0.25, -0.2) is 4.98 Å². The van der Waals surface area contributed by atoms with Gasteiger partial charge >= 0.3 is 0 Å². The molecule has 1 rings (SSSR count). The second-order valence-corrected chi connectivity index (χ2v) is 2.59. The molecule has 72 valence electrons. The third-order valence-electron chi connectivity index (χ3n) is 1.55. The Morgan fingerprint density at radius 2 is 2.46 bits per heavy atom. The lowest BCUT2D eigenvalue weighted by Crippen LogP contribution is -2.25. The Bertz CT molecular complexity index is 245. The van der Waals surface area contributed by atoms with Crippen molar-refractivity contribution in [2.75, 3.05) is 13.1 Å². The maximum Gasteiger partial charge on any atom is 0.288 e. The molecular weight excluding hydrogens is 170 g/mol. The Morgan fingerprint density at radius 1 is 1.62 bits per heavy atom. The quantitative estimate of drug-likeness (QED) is 0.524. The molecule has 0 aliphatic carbocycles. The predicted molar refractivity (Wildman–Crippen MR) is 47.0 cm³/mol. The molecule has 0 fully saturated rings. The van der Waals surface area contributed by atoms with Crippen LogP contribution in [0.3, 0.4) is 0 Å². The minimum Gasteiger partial charge on any atom is -0.349 e. The predicted octanol–water partition coefficient (Wildman–Crippen LogP) is -0.727. The molecule has 13 heavy (non-hydrogen) atoms. The van der Waals surface area contributed by atoms with Crippen LogP contribution in [0.15, 0.2) is 6.33 Å². The summed E-state index contributed by atoms with van der Waals surface area (Å²) in [5.41, 5.74) is 5.30. The third-order valence-corrected chi connectivity index (χ3v) is 1.55. The molecule has 0 saturated heterocycles. The second-order valence-electron chi connectivity index (χ2n) is 2.59. The number of nitrogens with two attached hydrogens (primary N) is 1. The van der Waals surface area contributed by atoms with Crippen LogP contribution in [0.2, 0.25) is 0 Å². The van der Waals surface area contributed by atoms with Gasteiger partial charge in [-0.2, -0.15) is 5.10 Å². The van der Waals surface area contributed by atoms with Gasteiger partial charge in [0.15, 0.2) is 0 Å². The van der Waals surface area contributed by atoms with Crippen molar-refractivity contribution >= 4 is 5.91 Å². The number of unbranched alkanes of at least 4 members (excludes halogenated alkanes) is 1. The summed E-state index contributed by atoms with van der Waals surface area (Å²) in [5, 5.41) is 8.74. The normalized spacial score (nSPS) is 9.92. The molecule has 0 unspecified atom stereocenters. The number of hydrogen-bond acceptors (Lipinski definition) is 4. The van der Waals surface area contributed by atoms with Crippen molar-refractivity contribution in [3.8, 4) is 0 Å². The number of nitrogens with zero attached hydrogens (tertiary/aromatic N) is 2. The summed E-state index contributed by atoms with van der Waals surface area (Å²) in [6.45, 7) is 1.27. The summed E-state index contributed by atoms with van der Waals surface area (Å²) in [6, 6.07) is 0. The lowest BCUT2D eigenvalue weighted by Gasteiger charge is -2.00. The van der Waals surface area contributed by atoms with Gasteiger partial charge in [0.1, 0.15) is 6.33 Å². The summed E-state index contributed by atoms with van der Waals surface area (Å²) in [7, 11) is 0. The van der Waals surface area contributed by atoms with Gasteiger partial charge < -0.3 is 11.1 Å². The van der Waals surface area contributed by atoms with E-state index in [4.69, 9.17) is 5.73 Å². The highest BCUT2D eigenvalue weighted by Gasteiger charge is 2.05. The fraction of sp³-hybridized carbons (Fsp3) is 0.571. The van der Waals surface area contributed by atoms with E-state index in [1.165, 1.54) is 6.33 Å². The summed E-state index contributed by atoms with van der Waals surface area (Å²) in [5.74, 6) is 0.0160. The minimum atomic E-state index is -0.227. The zero-order valence-corrected chi connectivity index (χ0v) is 7.29. The molecule has 6 nitrogen and oxygen atoms in total. The van der Waals surface area contributed by atoms with Crippen LogP contribution in [0.5, 0.6) is 0 Å². The van der Waals surface area contributed by atoms with Crippen LogP contribution >= 0.6 is 0 Å². The van der Waals surface area contributed by atoms with E-state index in [0.717, 1.165) is 12.8 Å². The van der Waals surface area contributed by atoms with E-state index in [1.807, 2.05) is 0 Å². The number of nitrogens with one attached hydrogen (secondary N) is 2. The highest BCUT2D eigenvalue weighted by atomic mass is 16.2. The van der Waals surface area contributed by atoms with Crippen molar-refractivity contribution in [3.05, 3.63) is 12.2 Å². The molecule has 0 aliphatic heterocycles. The summed E-state index contributed by atoms with van der Waals surface area (Å²) < 4.78 is 0. The van der Waals surface area contributed by atoms with Crippen LogP contribution in [-0.2, 0) is 0 Å². The molecule has 4 N–H and O–H groups in total. The van der Waals surface area contributed by atoms with E-state index >= 15 is 0 Å². The van der Waals surface area contributed by atoms with Crippen LogP contribution in [0.1, 0.15) is 23.5 Å². The van der Waals surface area contributed by atoms with Gasteiger partial charge in [0.2, 0.25) is 5.82 Å². The van der Waals surface area contributed by atoms with E-state index in [-0.39, 0.29) is 11.7 Å². The molecule has 0 atom stereocenters. The average Bonchev–Trinajstić information content (AvgIpc) is 2.65. The monoisotopic (exact) mass is 183 g/mol. The molecule has 0 bridgehead atoms. The van der Waals surface area contributed by atoms with Crippen molar-refractivity contribution in [3.63, 3.8) is 0 Å². The molecular formula is C7H13N5O. The van der Waals surface area contributed by atoms with Crippen LogP contribution in [0, 0.1) is 0 Å². The number of hydrogen-bond donors (Lipinski definition) is 3. The maximum atomic E-state index is 11.2. The zero-order chi connectivity index (χ0) is 9.52. The van der Waals surface area contributed by atoms with Gasteiger partial charge in [0, 0.05) is 6.54 Å². The first-order valence-electron chi connectivity index (χ1n) is 4.18. The number of rotatable bonds is 5. The fourth-order valence-corrected chi connectivity index (χ4v) is 0.870. The average molecular weight is 183 g/mol. The van der Waals surface area contributed by atoms with Crippen molar-refractivity contribution in [1.82, 2.24) is 20.5 Å². The SMILES string of the molecule is NCCCCNC(=O)c1ncn[nH]1. The first-order chi connectivity index (χ1) is 6.34. The number of aromatic amines is 1. The van der Waals surface area contributed by atoms with E-state index in [9.17, 15) is 4.79 Å². The van der Waals surface area contributed by atoms with Gasteiger partial charge in [-0.3, -0.25) is 9.89 Å². The number of carbonyl (C=O) groups excluding carboxylic acids is 1. The van der Waals surface area contributed by atoms with Crippen LogP contribution < -0.4 is 11.1 Å². The summed E-state index contributed by atoms with van der Waals surface area (Å²) >= 11 is 0. The highest BCUT2D eigenvalue weighted by Crippen LogP contribution is 1.87. The Morgan fingerprint density at radius 3 is 3.08 bits per heavy atom. The van der Waals surface area contributed by atoms with Crippen molar-refractivity contribution in [1.29, 1.82) is 0 Å². The Labute approximate surface area is 75.9 Å². The van der Waals surface area contributed by atoms with Gasteiger partial charge in [0.05, 0.1) is 0 Å². The van der Waals surface area contributed by atoms with Crippen LogP contribution in [-0.4, -0.2) is 34.2 Å². The van der Waals surface area contributed by atoms with Gasteiger partial charge in [0.25, 0.3) is 5.91 Å². The zero-order valence-electron chi connectivity index (χ0n) is 7.29. The van der Waals surface area contributed by atoms with Gasteiger partial charge in [-0.15, -0.1) is 0 Å². The van der Waals surface area contributed by atoms with Gasteiger partial charge in [-0.05, 0) is 19.4 Å². The molecule has 1 amide bonds. The number of H-pyrrole nitrogens is 1. The minimum absolute atomic E-state index is 0.227. The smallest absolute Gasteiger partial charge is 0.288 e. The standard InChI is InChI=1S/C7H13N5O/c8-3-1-2-4-9-7(13)6-10-5-11-12-6/h5H,1-4,8H2,(H,9,13)(H,10,11,12). The third kappa shape index (κ3) is 3.20. The summed E-state index contributed by atoms with van der Waals surface area (Å²) in [4.78, 5) is 14.9. The molecule has 1 heterocycles. The first kappa shape index (κ1) is 9.66. The molecule has 0 aromatic carbocycles. The van der Waals surface area contributed by atoms with Crippen molar-refractivity contribution in [2.24, 2.45) is 5.73 Å². The molecule has 6 heteroatoms. The topological polar surface area (TPSA) is 96.7 Å². The van der Waals surface area contributed by atoms with E-state index in [2.05, 4.69) is 20.5 Å².